The molecule has 17 heavy (non-hydrogen) atoms. The van der Waals surface area contributed by atoms with Gasteiger partial charge in [-0.25, -0.2) is 0 Å². The van der Waals surface area contributed by atoms with Gasteiger partial charge in [-0.15, -0.1) is 11.3 Å². The molecule has 0 atom stereocenters. The Kier molecular flexibility index (Phi) is 3.75. The topological polar surface area (TPSA) is 17.1 Å². The summed E-state index contributed by atoms with van der Waals surface area (Å²) in [6.07, 6.45) is 1.62. The second kappa shape index (κ2) is 5.28. The molecule has 0 aliphatic rings. The standard InChI is InChI=1S/C15H16OS/c1-3-11-6-5-7-12(10-11)14-8-9-15(17-14)13(16)4-2/h5-10H,3-4H2,1-2H3. The first-order valence-electron chi connectivity index (χ1n) is 5.97. The molecule has 0 radical (unpaired) electrons. The lowest BCUT2D eigenvalue weighted by molar-refractivity contribution is 0.0992. The minimum atomic E-state index is 0.230. The quantitative estimate of drug-likeness (QED) is 0.720. The number of benzene rings is 1. The van der Waals surface area contributed by atoms with Crippen molar-refractivity contribution in [2.45, 2.75) is 26.7 Å². The maximum absolute atomic E-state index is 11.6. The summed E-state index contributed by atoms with van der Waals surface area (Å²) in [5.74, 6) is 0.230. The average Bonchev–Trinajstić information content (AvgIpc) is 2.87. The highest BCUT2D eigenvalue weighted by molar-refractivity contribution is 7.17. The molecular formula is C15H16OS. The number of hydrogen-bond donors (Lipinski definition) is 0. The predicted octanol–water partition coefficient (Wildman–Crippen LogP) is 4.57. The van der Waals surface area contributed by atoms with E-state index in [4.69, 9.17) is 0 Å². The fraction of sp³-hybridized carbons (Fsp3) is 0.267. The Bertz CT molecular complexity index is 525. The van der Waals surface area contributed by atoms with Crippen LogP contribution in [0.4, 0.5) is 0 Å². The van der Waals surface area contributed by atoms with Crippen LogP contribution in [0.15, 0.2) is 36.4 Å². The maximum Gasteiger partial charge on any atom is 0.172 e. The van der Waals surface area contributed by atoms with Crippen molar-refractivity contribution < 1.29 is 4.79 Å². The van der Waals surface area contributed by atoms with Crippen LogP contribution in [-0.4, -0.2) is 5.78 Å². The first kappa shape index (κ1) is 12.1. The third-order valence-electron chi connectivity index (χ3n) is 2.82. The molecule has 0 bridgehead atoms. The van der Waals surface area contributed by atoms with Crippen molar-refractivity contribution >= 4 is 17.1 Å². The molecule has 2 heteroatoms. The summed E-state index contributed by atoms with van der Waals surface area (Å²) in [4.78, 5) is 13.6. The van der Waals surface area contributed by atoms with Crippen LogP contribution in [0.2, 0.25) is 0 Å². The summed E-state index contributed by atoms with van der Waals surface area (Å²) >= 11 is 1.59. The van der Waals surface area contributed by atoms with E-state index in [1.165, 1.54) is 16.0 Å². The van der Waals surface area contributed by atoms with Gasteiger partial charge in [-0.3, -0.25) is 4.79 Å². The molecule has 88 valence electrons. The smallest absolute Gasteiger partial charge is 0.172 e. The minimum absolute atomic E-state index is 0.230. The number of carbonyl (C=O) groups excluding carboxylic acids is 1. The van der Waals surface area contributed by atoms with Crippen LogP contribution >= 0.6 is 11.3 Å². The van der Waals surface area contributed by atoms with Crippen LogP contribution < -0.4 is 0 Å². The Labute approximate surface area is 106 Å². The fourth-order valence-corrected chi connectivity index (χ4v) is 2.77. The highest BCUT2D eigenvalue weighted by atomic mass is 32.1. The van der Waals surface area contributed by atoms with Crippen molar-refractivity contribution in [3.8, 4) is 10.4 Å². The van der Waals surface area contributed by atoms with Gasteiger partial charge >= 0.3 is 0 Å². The van der Waals surface area contributed by atoms with E-state index in [1.807, 2.05) is 19.1 Å². The minimum Gasteiger partial charge on any atom is -0.293 e. The molecule has 1 aromatic carbocycles. The zero-order valence-electron chi connectivity index (χ0n) is 10.2. The van der Waals surface area contributed by atoms with Gasteiger partial charge in [-0.05, 0) is 29.7 Å². The lowest BCUT2D eigenvalue weighted by atomic mass is 10.1. The van der Waals surface area contributed by atoms with Crippen molar-refractivity contribution in [1.82, 2.24) is 0 Å². The van der Waals surface area contributed by atoms with Crippen LogP contribution in [0.25, 0.3) is 10.4 Å². The lowest BCUT2D eigenvalue weighted by Gasteiger charge is -2.00. The van der Waals surface area contributed by atoms with Gasteiger partial charge in [0.2, 0.25) is 0 Å². The first-order valence-corrected chi connectivity index (χ1v) is 6.78. The number of carbonyl (C=O) groups is 1. The van der Waals surface area contributed by atoms with Gasteiger partial charge in [0, 0.05) is 11.3 Å². The Morgan fingerprint density at radius 3 is 2.71 bits per heavy atom. The van der Waals surface area contributed by atoms with E-state index in [0.29, 0.717) is 6.42 Å². The van der Waals surface area contributed by atoms with Crippen LogP contribution in [0.1, 0.15) is 35.5 Å². The summed E-state index contributed by atoms with van der Waals surface area (Å²) < 4.78 is 0. The summed E-state index contributed by atoms with van der Waals surface area (Å²) in [5, 5.41) is 0. The van der Waals surface area contributed by atoms with Crippen molar-refractivity contribution in [2.24, 2.45) is 0 Å². The van der Waals surface area contributed by atoms with E-state index >= 15 is 0 Å². The van der Waals surface area contributed by atoms with Gasteiger partial charge in [0.1, 0.15) is 0 Å². The van der Waals surface area contributed by atoms with E-state index in [1.54, 1.807) is 11.3 Å². The molecule has 0 amide bonds. The predicted molar refractivity (Wildman–Crippen MR) is 73.8 cm³/mol. The molecule has 0 N–H and O–H groups in total. The van der Waals surface area contributed by atoms with Crippen molar-refractivity contribution in [3.63, 3.8) is 0 Å². The van der Waals surface area contributed by atoms with Crippen LogP contribution in [0, 0.1) is 0 Å². The molecule has 2 aromatic rings. The normalized spacial score (nSPS) is 10.5. The molecule has 0 saturated carbocycles. The molecule has 0 fully saturated rings. The summed E-state index contributed by atoms with van der Waals surface area (Å²) in [7, 11) is 0. The fourth-order valence-electron chi connectivity index (χ4n) is 1.76. The lowest BCUT2D eigenvalue weighted by Crippen LogP contribution is -1.90. The summed E-state index contributed by atoms with van der Waals surface area (Å²) in [6.45, 7) is 4.05. The Hall–Kier alpha value is -1.41. The molecule has 0 unspecified atom stereocenters. The average molecular weight is 244 g/mol. The van der Waals surface area contributed by atoms with Crippen LogP contribution in [0.5, 0.6) is 0 Å². The largest absolute Gasteiger partial charge is 0.293 e. The number of thiophene rings is 1. The molecule has 0 spiro atoms. The third kappa shape index (κ3) is 2.64. The van der Waals surface area contributed by atoms with Crippen molar-refractivity contribution in [2.75, 3.05) is 0 Å². The third-order valence-corrected chi connectivity index (χ3v) is 4.00. The zero-order valence-corrected chi connectivity index (χ0v) is 11.0. The Morgan fingerprint density at radius 1 is 1.18 bits per heavy atom. The number of rotatable bonds is 4. The molecule has 1 heterocycles. The van der Waals surface area contributed by atoms with Crippen LogP contribution in [-0.2, 0) is 6.42 Å². The van der Waals surface area contributed by atoms with Gasteiger partial charge in [0.15, 0.2) is 5.78 Å². The highest BCUT2D eigenvalue weighted by Crippen LogP contribution is 2.29. The number of hydrogen-bond acceptors (Lipinski definition) is 2. The second-order valence-corrected chi connectivity index (χ2v) is 5.08. The molecule has 1 nitrogen and oxygen atoms in total. The Morgan fingerprint density at radius 2 is 2.00 bits per heavy atom. The summed E-state index contributed by atoms with van der Waals surface area (Å²) in [6, 6.07) is 12.5. The van der Waals surface area contributed by atoms with E-state index in [2.05, 4.69) is 31.2 Å². The van der Waals surface area contributed by atoms with E-state index in [0.717, 1.165) is 11.3 Å². The second-order valence-electron chi connectivity index (χ2n) is 3.99. The maximum atomic E-state index is 11.6. The monoisotopic (exact) mass is 244 g/mol. The van der Waals surface area contributed by atoms with Gasteiger partial charge in [0.25, 0.3) is 0 Å². The molecule has 1 aromatic heterocycles. The van der Waals surface area contributed by atoms with Gasteiger partial charge in [-0.1, -0.05) is 38.1 Å². The van der Waals surface area contributed by atoms with Crippen molar-refractivity contribution in [1.29, 1.82) is 0 Å². The molecule has 0 aliphatic heterocycles. The van der Waals surface area contributed by atoms with Crippen molar-refractivity contribution in [3.05, 3.63) is 46.8 Å². The van der Waals surface area contributed by atoms with Gasteiger partial charge in [-0.2, -0.15) is 0 Å². The highest BCUT2D eigenvalue weighted by Gasteiger charge is 2.08. The van der Waals surface area contributed by atoms with E-state index in [-0.39, 0.29) is 5.78 Å². The molecule has 0 saturated heterocycles. The number of ketones is 1. The number of aryl methyl sites for hydroxylation is 1. The zero-order chi connectivity index (χ0) is 12.3. The summed E-state index contributed by atoms with van der Waals surface area (Å²) in [5.41, 5.74) is 2.55. The SMILES string of the molecule is CCC(=O)c1ccc(-c2cccc(CC)c2)s1. The Balaban J connectivity index is 2.33. The molecule has 2 rings (SSSR count). The first-order chi connectivity index (χ1) is 8.24. The van der Waals surface area contributed by atoms with Gasteiger partial charge in [0.05, 0.1) is 4.88 Å². The van der Waals surface area contributed by atoms with Crippen LogP contribution in [0.3, 0.4) is 0 Å². The molecule has 0 aliphatic carbocycles. The van der Waals surface area contributed by atoms with Gasteiger partial charge < -0.3 is 0 Å². The van der Waals surface area contributed by atoms with E-state index < -0.39 is 0 Å². The van der Waals surface area contributed by atoms with E-state index in [9.17, 15) is 4.79 Å². The number of Topliss-reactive ketones (excluding diaryl/α,β-unsaturated/α-hetero) is 1. The molecular weight excluding hydrogens is 228 g/mol.